The van der Waals surface area contributed by atoms with Crippen molar-refractivity contribution in [1.82, 2.24) is 0 Å². The Morgan fingerprint density at radius 3 is 2.27 bits per heavy atom. The molecule has 0 amide bonds. The number of carbonyl (C=O) groups is 1. The first-order valence-corrected chi connectivity index (χ1v) is 6.06. The van der Waals surface area contributed by atoms with Crippen molar-refractivity contribution in [3.05, 3.63) is 30.3 Å². The Labute approximate surface area is 88.5 Å². The molecule has 0 spiro atoms. The van der Waals surface area contributed by atoms with Crippen LogP contribution in [0.1, 0.15) is 13.3 Å². The first-order valence-electron chi connectivity index (χ1n) is 4.52. The Kier molecular flexibility index (Phi) is 3.47. The number of aliphatic carboxylic acids is 1. The van der Waals surface area contributed by atoms with Crippen LogP contribution in [0.2, 0.25) is 0 Å². The Morgan fingerprint density at radius 2 is 1.87 bits per heavy atom. The lowest BCUT2D eigenvalue weighted by Gasteiger charge is -2.10. The van der Waals surface area contributed by atoms with Crippen LogP contribution in [0, 0.1) is 0 Å². The van der Waals surface area contributed by atoms with Crippen LogP contribution < -0.4 is 0 Å². The highest BCUT2D eigenvalue weighted by Gasteiger charge is 2.31. The van der Waals surface area contributed by atoms with Gasteiger partial charge in [-0.25, -0.2) is 8.42 Å². The number of hydrogen-bond acceptors (Lipinski definition) is 3. The third-order valence-corrected chi connectivity index (χ3v) is 4.31. The van der Waals surface area contributed by atoms with Gasteiger partial charge in [-0.3, -0.25) is 4.79 Å². The fraction of sp³-hybridized carbons (Fsp3) is 0.300. The molecule has 82 valence electrons. The second kappa shape index (κ2) is 4.44. The molecule has 0 bridgehead atoms. The molecule has 15 heavy (non-hydrogen) atoms. The summed E-state index contributed by atoms with van der Waals surface area (Å²) >= 11 is 0. The lowest BCUT2D eigenvalue weighted by atomic mass is 10.3. The van der Waals surface area contributed by atoms with Crippen molar-refractivity contribution in [2.75, 3.05) is 0 Å². The molecule has 1 aromatic carbocycles. The van der Waals surface area contributed by atoms with E-state index in [2.05, 4.69) is 0 Å². The Hall–Kier alpha value is -1.36. The van der Waals surface area contributed by atoms with Crippen LogP contribution in [0.25, 0.3) is 0 Å². The van der Waals surface area contributed by atoms with Crippen molar-refractivity contribution in [2.45, 2.75) is 23.5 Å². The molecule has 1 aromatic rings. The van der Waals surface area contributed by atoms with E-state index in [0.29, 0.717) is 0 Å². The fourth-order valence-electron chi connectivity index (χ4n) is 1.30. The standard InChI is InChI=1S/C10H12O4S/c1-2-9(10(11)12)15(13,14)8-6-4-3-5-7-8/h3-7,9H,2H2,1H3,(H,11,12)/t9-/m0/s1. The molecule has 0 saturated carbocycles. The molecule has 0 aliphatic rings. The quantitative estimate of drug-likeness (QED) is 0.843. The molecule has 5 heteroatoms. The SMILES string of the molecule is CC[C@@H](C(=O)O)S(=O)(=O)c1ccccc1. The molecule has 1 N–H and O–H groups in total. The van der Waals surface area contributed by atoms with E-state index in [-0.39, 0.29) is 11.3 Å². The van der Waals surface area contributed by atoms with Gasteiger partial charge in [0.25, 0.3) is 0 Å². The molecule has 4 nitrogen and oxygen atoms in total. The van der Waals surface area contributed by atoms with Crippen LogP contribution >= 0.6 is 0 Å². The first kappa shape index (κ1) is 11.7. The molecule has 1 atom stereocenters. The smallest absolute Gasteiger partial charge is 0.322 e. The number of sulfone groups is 1. The minimum absolute atomic E-state index is 0.0549. The van der Waals surface area contributed by atoms with E-state index < -0.39 is 21.1 Å². The average Bonchev–Trinajstić information content (AvgIpc) is 2.19. The largest absolute Gasteiger partial charge is 0.480 e. The van der Waals surface area contributed by atoms with Crippen molar-refractivity contribution in [1.29, 1.82) is 0 Å². The van der Waals surface area contributed by atoms with Crippen LogP contribution in [-0.2, 0) is 14.6 Å². The third kappa shape index (κ3) is 2.36. The van der Waals surface area contributed by atoms with E-state index in [1.165, 1.54) is 12.1 Å². The van der Waals surface area contributed by atoms with Gasteiger partial charge in [-0.15, -0.1) is 0 Å². The van der Waals surface area contributed by atoms with E-state index in [1.54, 1.807) is 25.1 Å². The summed E-state index contributed by atoms with van der Waals surface area (Å²) in [4.78, 5) is 10.8. The summed E-state index contributed by atoms with van der Waals surface area (Å²) < 4.78 is 23.6. The second-order valence-electron chi connectivity index (χ2n) is 3.09. The second-order valence-corrected chi connectivity index (χ2v) is 5.22. The van der Waals surface area contributed by atoms with Crippen molar-refractivity contribution >= 4 is 15.8 Å². The number of carboxylic acids is 1. The topological polar surface area (TPSA) is 71.4 Å². The van der Waals surface area contributed by atoms with E-state index in [4.69, 9.17) is 5.11 Å². The Morgan fingerprint density at radius 1 is 1.33 bits per heavy atom. The van der Waals surface area contributed by atoms with Crippen LogP contribution in [-0.4, -0.2) is 24.7 Å². The third-order valence-electron chi connectivity index (χ3n) is 2.09. The number of hydrogen-bond donors (Lipinski definition) is 1. The van der Waals surface area contributed by atoms with Crippen LogP contribution in [0.15, 0.2) is 35.2 Å². The Balaban J connectivity index is 3.19. The van der Waals surface area contributed by atoms with E-state index >= 15 is 0 Å². The van der Waals surface area contributed by atoms with Gasteiger partial charge in [0.2, 0.25) is 0 Å². The molecule has 0 aliphatic heterocycles. The van der Waals surface area contributed by atoms with Crippen molar-refractivity contribution in [2.24, 2.45) is 0 Å². The monoisotopic (exact) mass is 228 g/mol. The minimum atomic E-state index is -3.75. The van der Waals surface area contributed by atoms with Crippen LogP contribution in [0.4, 0.5) is 0 Å². The van der Waals surface area contributed by atoms with E-state index in [0.717, 1.165) is 0 Å². The lowest BCUT2D eigenvalue weighted by molar-refractivity contribution is -0.136. The molecule has 0 radical (unpaired) electrons. The first-order chi connectivity index (χ1) is 7.00. The summed E-state index contributed by atoms with van der Waals surface area (Å²) in [5, 5.41) is 7.43. The van der Waals surface area contributed by atoms with Crippen LogP contribution in [0.3, 0.4) is 0 Å². The number of carboxylic acid groups (broad SMARTS) is 1. The van der Waals surface area contributed by atoms with Gasteiger partial charge >= 0.3 is 5.97 Å². The van der Waals surface area contributed by atoms with Gasteiger partial charge in [0, 0.05) is 0 Å². The minimum Gasteiger partial charge on any atom is -0.480 e. The molecule has 1 rings (SSSR count). The summed E-state index contributed by atoms with van der Waals surface area (Å²) in [7, 11) is -3.75. The van der Waals surface area contributed by atoms with E-state index in [1.807, 2.05) is 0 Å². The van der Waals surface area contributed by atoms with Gasteiger partial charge in [0.05, 0.1) is 4.90 Å². The predicted molar refractivity (Wildman–Crippen MR) is 55.3 cm³/mol. The van der Waals surface area contributed by atoms with Crippen molar-refractivity contribution < 1.29 is 18.3 Å². The molecule has 0 unspecified atom stereocenters. The van der Waals surface area contributed by atoms with Crippen LogP contribution in [0.5, 0.6) is 0 Å². The summed E-state index contributed by atoms with van der Waals surface area (Å²) in [5.41, 5.74) is 0. The van der Waals surface area contributed by atoms with Gasteiger partial charge < -0.3 is 5.11 Å². The fourth-order valence-corrected chi connectivity index (χ4v) is 2.87. The molecule has 0 aliphatic carbocycles. The van der Waals surface area contributed by atoms with Crippen molar-refractivity contribution in [3.8, 4) is 0 Å². The maximum atomic E-state index is 11.8. The van der Waals surface area contributed by atoms with Gasteiger partial charge in [-0.1, -0.05) is 25.1 Å². The zero-order chi connectivity index (χ0) is 11.5. The predicted octanol–water partition coefficient (Wildman–Crippen LogP) is 1.32. The summed E-state index contributed by atoms with van der Waals surface area (Å²) in [6, 6.07) is 7.63. The maximum Gasteiger partial charge on any atom is 0.322 e. The number of rotatable bonds is 4. The highest BCUT2D eigenvalue weighted by molar-refractivity contribution is 7.92. The highest BCUT2D eigenvalue weighted by atomic mass is 32.2. The normalized spacial score (nSPS) is 13.4. The van der Waals surface area contributed by atoms with E-state index in [9.17, 15) is 13.2 Å². The maximum absolute atomic E-state index is 11.8. The van der Waals surface area contributed by atoms with Crippen molar-refractivity contribution in [3.63, 3.8) is 0 Å². The molecular weight excluding hydrogens is 216 g/mol. The summed E-state index contributed by atoms with van der Waals surface area (Å²) in [6.45, 7) is 1.54. The van der Waals surface area contributed by atoms with Gasteiger partial charge in [0.15, 0.2) is 15.1 Å². The van der Waals surface area contributed by atoms with Gasteiger partial charge in [-0.2, -0.15) is 0 Å². The van der Waals surface area contributed by atoms with Gasteiger partial charge in [0.1, 0.15) is 0 Å². The molecule has 0 fully saturated rings. The summed E-state index contributed by atoms with van der Waals surface area (Å²) in [6.07, 6.45) is 0.0621. The van der Waals surface area contributed by atoms with Gasteiger partial charge in [-0.05, 0) is 18.6 Å². The molecule has 0 saturated heterocycles. The highest BCUT2D eigenvalue weighted by Crippen LogP contribution is 2.17. The average molecular weight is 228 g/mol. The number of benzene rings is 1. The lowest BCUT2D eigenvalue weighted by Crippen LogP contribution is -2.29. The molecule has 0 heterocycles. The molecule has 0 aromatic heterocycles. The zero-order valence-corrected chi connectivity index (χ0v) is 9.07. The Bertz CT molecular complexity index is 436. The zero-order valence-electron chi connectivity index (χ0n) is 8.25. The molecular formula is C10H12O4S. The summed E-state index contributed by atoms with van der Waals surface area (Å²) in [5.74, 6) is -1.30.